The van der Waals surface area contributed by atoms with Gasteiger partial charge in [0.05, 0.1) is 21.4 Å². The van der Waals surface area contributed by atoms with Gasteiger partial charge in [0, 0.05) is 6.54 Å². The second-order valence-electron chi connectivity index (χ2n) is 8.09. The van der Waals surface area contributed by atoms with Gasteiger partial charge in [-0.15, -0.1) is 5.10 Å². The lowest BCUT2D eigenvalue weighted by molar-refractivity contribution is 0.215. The Hall–Kier alpha value is -2.70. The van der Waals surface area contributed by atoms with E-state index in [1.807, 2.05) is 53.3 Å². The minimum absolute atomic E-state index is 0.461. The van der Waals surface area contributed by atoms with E-state index < -0.39 is 14.2 Å². The number of nitrogens with zero attached hydrogens (tertiary/aromatic N) is 3. The number of benzene rings is 2. The molecule has 0 radical (unpaired) electrons. The van der Waals surface area contributed by atoms with Crippen molar-refractivity contribution in [2.45, 2.75) is 44.6 Å². The number of aliphatic hydroxyl groups excluding tert-OH is 1. The van der Waals surface area contributed by atoms with Gasteiger partial charge in [-0.3, -0.25) is 4.68 Å². The first-order valence-electron chi connectivity index (χ1n) is 10.4. The molecule has 1 N–H and O–H groups in total. The predicted octanol–water partition coefficient (Wildman–Crippen LogP) is 4.32. The van der Waals surface area contributed by atoms with Gasteiger partial charge < -0.3 is 9.84 Å². The average molecular weight is 422 g/mol. The van der Waals surface area contributed by atoms with Crippen LogP contribution in [0.3, 0.4) is 0 Å². The fraction of sp³-hybridized carbons (Fsp3) is 0.333. The van der Waals surface area contributed by atoms with E-state index in [0.29, 0.717) is 11.2 Å². The summed E-state index contributed by atoms with van der Waals surface area (Å²) in [4.78, 5) is 0. The molecule has 0 aliphatic carbocycles. The van der Waals surface area contributed by atoms with Crippen molar-refractivity contribution in [3.63, 3.8) is 0 Å². The van der Waals surface area contributed by atoms with E-state index in [2.05, 4.69) is 54.6 Å². The molecule has 0 bridgehead atoms. The lowest BCUT2D eigenvalue weighted by Gasteiger charge is -2.31. The summed E-state index contributed by atoms with van der Waals surface area (Å²) in [6.45, 7) is 7.65. The Kier molecular flexibility index (Phi) is 7.23. The van der Waals surface area contributed by atoms with Crippen LogP contribution in [-0.4, -0.2) is 35.3 Å². The van der Waals surface area contributed by atoms with Crippen molar-refractivity contribution in [2.24, 2.45) is 0 Å². The quantitative estimate of drug-likeness (QED) is 0.413. The van der Waals surface area contributed by atoms with Gasteiger partial charge in [0.1, 0.15) is 17.5 Å². The maximum Gasteiger partial charge on any atom is 0.124 e. The van der Waals surface area contributed by atoms with Crippen LogP contribution in [-0.2, 0) is 6.54 Å². The Morgan fingerprint density at radius 2 is 1.80 bits per heavy atom. The normalized spacial score (nSPS) is 14.0. The van der Waals surface area contributed by atoms with Crippen molar-refractivity contribution in [2.75, 3.05) is 7.11 Å². The summed E-state index contributed by atoms with van der Waals surface area (Å²) in [6.07, 6.45) is 6.55. The summed E-state index contributed by atoms with van der Waals surface area (Å²) in [6, 6.07) is 18.0. The molecule has 0 aliphatic rings. The molecule has 0 saturated heterocycles. The molecule has 0 saturated carbocycles. The third-order valence-corrected chi connectivity index (χ3v) is 9.96. The van der Waals surface area contributed by atoms with Crippen LogP contribution in [0, 0.1) is 0 Å². The second-order valence-corrected chi connectivity index (χ2v) is 12.9. The van der Waals surface area contributed by atoms with Crippen molar-refractivity contribution in [1.29, 1.82) is 0 Å². The highest BCUT2D eigenvalue weighted by molar-refractivity contribution is 6.91. The van der Waals surface area contributed by atoms with Crippen molar-refractivity contribution in [3.05, 3.63) is 84.2 Å². The van der Waals surface area contributed by atoms with Crippen molar-refractivity contribution in [1.82, 2.24) is 15.0 Å². The van der Waals surface area contributed by atoms with Crippen molar-refractivity contribution in [3.8, 4) is 5.75 Å². The lowest BCUT2D eigenvalue weighted by Crippen LogP contribution is -2.45. The molecule has 3 aromatic rings. The third-order valence-electron chi connectivity index (χ3n) is 5.81. The summed E-state index contributed by atoms with van der Waals surface area (Å²) in [5, 5.41) is 20.4. The first kappa shape index (κ1) is 22.0. The number of rotatable bonds is 9. The number of methoxy groups -OCH3 is 1. The molecule has 1 heterocycles. The van der Waals surface area contributed by atoms with E-state index >= 15 is 0 Å². The molecule has 3 rings (SSSR count). The molecular weight excluding hydrogens is 390 g/mol. The maximum atomic E-state index is 10.6. The molecule has 0 aliphatic heterocycles. The van der Waals surface area contributed by atoms with Crippen molar-refractivity contribution >= 4 is 13.3 Å². The van der Waals surface area contributed by atoms with Crippen molar-refractivity contribution < 1.29 is 9.84 Å². The van der Waals surface area contributed by atoms with E-state index in [1.54, 1.807) is 7.11 Å². The van der Waals surface area contributed by atoms with Crippen LogP contribution < -0.4 is 9.92 Å². The van der Waals surface area contributed by atoms with Gasteiger partial charge in [0.15, 0.2) is 0 Å². The number of aliphatic hydroxyl groups is 1. The van der Waals surface area contributed by atoms with Crippen LogP contribution in [0.5, 0.6) is 5.75 Å². The first-order valence-corrected chi connectivity index (χ1v) is 13.4. The second kappa shape index (κ2) is 9.87. The lowest BCUT2D eigenvalue weighted by atomic mass is 10.1. The number of ether oxygens (including phenoxy) is 1. The first-order chi connectivity index (χ1) is 14.5. The van der Waals surface area contributed by atoms with Gasteiger partial charge in [0.25, 0.3) is 0 Å². The Labute approximate surface area is 180 Å². The Balaban J connectivity index is 1.71. The number of aryl methyl sites for hydroxylation is 1. The zero-order chi connectivity index (χ0) is 21.6. The summed E-state index contributed by atoms with van der Waals surface area (Å²) in [5.74, 6) is 0.887. The maximum absolute atomic E-state index is 10.6. The Morgan fingerprint density at radius 1 is 1.10 bits per heavy atom. The van der Waals surface area contributed by atoms with Gasteiger partial charge in [-0.1, -0.05) is 78.1 Å². The fourth-order valence-corrected chi connectivity index (χ4v) is 6.77. The molecule has 2 atom stereocenters. The van der Waals surface area contributed by atoms with Gasteiger partial charge in [-0.25, -0.2) is 0 Å². The molecule has 1 aromatic heterocycles. The van der Waals surface area contributed by atoms with Crippen LogP contribution in [0.2, 0.25) is 18.6 Å². The smallest absolute Gasteiger partial charge is 0.124 e. The molecule has 5 nitrogen and oxygen atoms in total. The van der Waals surface area contributed by atoms with Gasteiger partial charge in [-0.05, 0) is 36.6 Å². The predicted molar refractivity (Wildman–Crippen MR) is 124 cm³/mol. The van der Waals surface area contributed by atoms with E-state index in [4.69, 9.17) is 4.74 Å². The molecule has 0 spiro atoms. The summed E-state index contributed by atoms with van der Waals surface area (Å²) in [5.41, 5.74) is 1.86. The van der Waals surface area contributed by atoms with Crippen LogP contribution in [0.15, 0.2) is 72.9 Å². The SMILES string of the molecule is C/C=C/[C@@H](CCn1cc([C@H](O)c2ccccc2)nn1)[Si](C)(C)c1ccc(OC)cc1. The van der Waals surface area contributed by atoms with E-state index in [1.165, 1.54) is 5.19 Å². The fourth-order valence-electron chi connectivity index (χ4n) is 3.79. The van der Waals surface area contributed by atoms with E-state index in [9.17, 15) is 5.11 Å². The van der Waals surface area contributed by atoms with Crippen LogP contribution in [0.4, 0.5) is 0 Å². The van der Waals surface area contributed by atoms with Crippen LogP contribution in [0.25, 0.3) is 0 Å². The summed E-state index contributed by atoms with van der Waals surface area (Å²) in [7, 11) is -0.0446. The molecule has 2 aromatic carbocycles. The van der Waals surface area contributed by atoms with Crippen LogP contribution >= 0.6 is 0 Å². The van der Waals surface area contributed by atoms with E-state index in [0.717, 1.165) is 24.3 Å². The Bertz CT molecular complexity index is 952. The number of aromatic nitrogens is 3. The molecule has 0 fully saturated rings. The highest BCUT2D eigenvalue weighted by Gasteiger charge is 2.32. The molecule has 158 valence electrons. The summed E-state index contributed by atoms with van der Waals surface area (Å²) < 4.78 is 7.15. The number of allylic oxidation sites excluding steroid dienone is 2. The highest BCUT2D eigenvalue weighted by Crippen LogP contribution is 2.29. The summed E-state index contributed by atoms with van der Waals surface area (Å²) >= 11 is 0. The van der Waals surface area contributed by atoms with Gasteiger partial charge in [0.2, 0.25) is 0 Å². The number of hydrogen-bond acceptors (Lipinski definition) is 4. The standard InChI is InChI=1S/C24H31N3O2Si/c1-5-9-21(30(3,4)22-14-12-20(29-2)13-15-22)16-17-27-18-23(25-26-27)24(28)19-10-7-6-8-11-19/h5-15,18,21,24,28H,16-17H2,1-4H3/b9-5+/t21-,24+/m0/s1. The minimum Gasteiger partial charge on any atom is -0.497 e. The zero-order valence-corrected chi connectivity index (χ0v) is 19.2. The monoisotopic (exact) mass is 421 g/mol. The van der Waals surface area contributed by atoms with Gasteiger partial charge >= 0.3 is 0 Å². The van der Waals surface area contributed by atoms with E-state index in [-0.39, 0.29) is 0 Å². The van der Waals surface area contributed by atoms with Gasteiger partial charge in [-0.2, -0.15) is 0 Å². The molecular formula is C24H31N3O2Si. The molecule has 0 unspecified atom stereocenters. The van der Waals surface area contributed by atoms with Crippen LogP contribution in [0.1, 0.15) is 30.7 Å². The molecule has 30 heavy (non-hydrogen) atoms. The molecule has 6 heteroatoms. The Morgan fingerprint density at radius 3 is 2.43 bits per heavy atom. The molecule has 0 amide bonds. The highest BCUT2D eigenvalue weighted by atomic mass is 28.3. The largest absolute Gasteiger partial charge is 0.497 e. The average Bonchev–Trinajstić information content (AvgIpc) is 3.25. The minimum atomic E-state index is -1.74. The third kappa shape index (κ3) is 5.07. The topological polar surface area (TPSA) is 60.2 Å². The zero-order valence-electron chi connectivity index (χ0n) is 18.2. The number of hydrogen-bond donors (Lipinski definition) is 1.